The molecule has 5 nitrogen and oxygen atoms in total. The third-order valence-electron chi connectivity index (χ3n) is 2.15. The van der Waals surface area contributed by atoms with E-state index in [0.717, 1.165) is 25.5 Å². The topological polar surface area (TPSA) is 68.8 Å². The highest BCUT2D eigenvalue weighted by molar-refractivity contribution is 5.05. The Kier molecular flexibility index (Phi) is 1.62. The van der Waals surface area contributed by atoms with Crippen LogP contribution in [0.4, 0.5) is 0 Å². The Morgan fingerprint density at radius 1 is 1.75 bits per heavy atom. The van der Waals surface area contributed by atoms with Crippen molar-refractivity contribution in [2.45, 2.75) is 19.0 Å². The van der Waals surface area contributed by atoms with Crippen LogP contribution in [0.3, 0.4) is 0 Å². The van der Waals surface area contributed by atoms with E-state index in [9.17, 15) is 0 Å². The van der Waals surface area contributed by atoms with E-state index in [0.29, 0.717) is 0 Å². The van der Waals surface area contributed by atoms with Crippen LogP contribution in [0.5, 0.6) is 0 Å². The predicted molar refractivity (Wildman–Crippen MR) is 44.4 cm³/mol. The summed E-state index contributed by atoms with van der Waals surface area (Å²) in [6.07, 6.45) is 1.73. The Hall–Kier alpha value is -0.940. The molecule has 0 saturated carbocycles. The first-order chi connectivity index (χ1) is 5.70. The highest BCUT2D eigenvalue weighted by atomic mass is 15.3. The maximum atomic E-state index is 6.05. The van der Waals surface area contributed by atoms with Crippen molar-refractivity contribution in [2.24, 2.45) is 5.73 Å². The fourth-order valence-corrected chi connectivity index (χ4v) is 1.49. The molecule has 1 aromatic rings. The third-order valence-corrected chi connectivity index (χ3v) is 2.15. The normalized spacial score (nSPS) is 29.5. The molecule has 1 aromatic heterocycles. The summed E-state index contributed by atoms with van der Waals surface area (Å²) in [5.74, 6) is 0.868. The number of aromatic nitrogens is 3. The number of fused-ring (bicyclic) bond motifs is 1. The number of hydrogen-bond acceptors (Lipinski definition) is 4. The molecular weight excluding hydrogens is 154 g/mol. The summed E-state index contributed by atoms with van der Waals surface area (Å²) in [7, 11) is 0. The van der Waals surface area contributed by atoms with Gasteiger partial charge in [-0.1, -0.05) is 0 Å². The van der Waals surface area contributed by atoms with Crippen LogP contribution < -0.4 is 11.1 Å². The summed E-state index contributed by atoms with van der Waals surface area (Å²) < 4.78 is 2.00. The first-order valence-electron chi connectivity index (χ1n) is 4.08. The number of hydrogen-bond donors (Lipinski definition) is 2. The zero-order chi connectivity index (χ0) is 8.60. The van der Waals surface area contributed by atoms with Gasteiger partial charge in [-0.3, -0.25) is 0 Å². The Labute approximate surface area is 71.0 Å². The van der Waals surface area contributed by atoms with Gasteiger partial charge in [0.05, 0.1) is 5.54 Å². The van der Waals surface area contributed by atoms with Gasteiger partial charge in [0.15, 0.2) is 5.82 Å². The molecule has 0 spiro atoms. The Bertz CT molecular complexity index is 277. The van der Waals surface area contributed by atoms with Gasteiger partial charge in [0, 0.05) is 19.6 Å². The Morgan fingerprint density at radius 2 is 2.58 bits per heavy atom. The molecule has 5 heteroatoms. The molecule has 0 radical (unpaired) electrons. The fraction of sp³-hybridized carbons (Fsp3) is 0.714. The van der Waals surface area contributed by atoms with Crippen molar-refractivity contribution in [3.8, 4) is 0 Å². The van der Waals surface area contributed by atoms with Gasteiger partial charge in [0.2, 0.25) is 0 Å². The minimum Gasteiger partial charge on any atom is -0.318 e. The molecule has 1 atom stereocenters. The molecule has 3 N–H and O–H groups in total. The van der Waals surface area contributed by atoms with E-state index < -0.39 is 5.54 Å². The largest absolute Gasteiger partial charge is 0.318 e. The van der Waals surface area contributed by atoms with Gasteiger partial charge < -0.3 is 15.6 Å². The van der Waals surface area contributed by atoms with E-state index >= 15 is 0 Å². The quantitative estimate of drug-likeness (QED) is 0.523. The van der Waals surface area contributed by atoms with Gasteiger partial charge in [-0.05, 0) is 6.92 Å². The average molecular weight is 167 g/mol. The van der Waals surface area contributed by atoms with Crippen LogP contribution in [0.25, 0.3) is 0 Å². The minimum absolute atomic E-state index is 0.396. The zero-order valence-corrected chi connectivity index (χ0v) is 7.12. The van der Waals surface area contributed by atoms with Gasteiger partial charge >= 0.3 is 0 Å². The standard InChI is InChI=1S/C7H13N5/c1-7(8)4-9-2-3-12-5-10-11-6(7)12/h5,9H,2-4,8H2,1H3. The second-order valence-electron chi connectivity index (χ2n) is 3.44. The maximum absolute atomic E-state index is 6.05. The SMILES string of the molecule is CC1(N)CNCCn2cnnc21. The molecule has 0 aliphatic carbocycles. The molecule has 0 saturated heterocycles. The van der Waals surface area contributed by atoms with Crippen molar-refractivity contribution >= 4 is 0 Å². The van der Waals surface area contributed by atoms with Crippen LogP contribution in [0, 0.1) is 0 Å². The summed E-state index contributed by atoms with van der Waals surface area (Å²) in [5, 5.41) is 11.1. The second-order valence-corrected chi connectivity index (χ2v) is 3.44. The Balaban J connectivity index is 2.43. The molecule has 1 unspecified atom stereocenters. The van der Waals surface area contributed by atoms with E-state index in [1.807, 2.05) is 11.5 Å². The number of nitrogens with two attached hydrogens (primary N) is 1. The summed E-state index contributed by atoms with van der Waals surface area (Å²) in [5.41, 5.74) is 5.65. The summed E-state index contributed by atoms with van der Waals surface area (Å²) in [4.78, 5) is 0. The lowest BCUT2D eigenvalue weighted by Crippen LogP contribution is -2.43. The predicted octanol–water partition coefficient (Wildman–Crippen LogP) is -0.945. The van der Waals surface area contributed by atoms with E-state index in [-0.39, 0.29) is 0 Å². The van der Waals surface area contributed by atoms with Gasteiger partial charge in [-0.15, -0.1) is 10.2 Å². The van der Waals surface area contributed by atoms with Crippen molar-refractivity contribution in [3.63, 3.8) is 0 Å². The van der Waals surface area contributed by atoms with Gasteiger partial charge in [0.1, 0.15) is 6.33 Å². The van der Waals surface area contributed by atoms with Crippen LogP contribution in [-0.4, -0.2) is 27.9 Å². The lowest BCUT2D eigenvalue weighted by atomic mass is 10.0. The summed E-state index contributed by atoms with van der Waals surface area (Å²) in [6.45, 7) is 4.55. The van der Waals surface area contributed by atoms with Crippen LogP contribution in [-0.2, 0) is 12.1 Å². The van der Waals surface area contributed by atoms with E-state index in [1.165, 1.54) is 0 Å². The zero-order valence-electron chi connectivity index (χ0n) is 7.12. The monoisotopic (exact) mass is 167 g/mol. The fourth-order valence-electron chi connectivity index (χ4n) is 1.49. The van der Waals surface area contributed by atoms with Crippen LogP contribution in [0.15, 0.2) is 6.33 Å². The first-order valence-corrected chi connectivity index (χ1v) is 4.08. The van der Waals surface area contributed by atoms with Crippen LogP contribution >= 0.6 is 0 Å². The number of nitrogens with one attached hydrogen (secondary N) is 1. The molecule has 12 heavy (non-hydrogen) atoms. The molecule has 2 rings (SSSR count). The van der Waals surface area contributed by atoms with Crippen molar-refractivity contribution < 1.29 is 0 Å². The Morgan fingerprint density at radius 3 is 3.42 bits per heavy atom. The first kappa shape index (κ1) is 7.70. The van der Waals surface area contributed by atoms with Crippen LogP contribution in [0.1, 0.15) is 12.7 Å². The lowest BCUT2D eigenvalue weighted by molar-refractivity contribution is 0.441. The van der Waals surface area contributed by atoms with Crippen molar-refractivity contribution in [3.05, 3.63) is 12.2 Å². The van der Waals surface area contributed by atoms with Crippen molar-refractivity contribution in [1.29, 1.82) is 0 Å². The summed E-state index contributed by atoms with van der Waals surface area (Å²) in [6, 6.07) is 0. The average Bonchev–Trinajstić information content (AvgIpc) is 2.42. The number of nitrogens with zero attached hydrogens (tertiary/aromatic N) is 3. The van der Waals surface area contributed by atoms with E-state index in [1.54, 1.807) is 6.33 Å². The third kappa shape index (κ3) is 1.11. The molecule has 1 aliphatic heterocycles. The molecule has 2 heterocycles. The molecule has 0 fully saturated rings. The summed E-state index contributed by atoms with van der Waals surface area (Å²) >= 11 is 0. The highest BCUT2D eigenvalue weighted by Crippen LogP contribution is 2.15. The number of rotatable bonds is 0. The van der Waals surface area contributed by atoms with E-state index in [2.05, 4.69) is 15.5 Å². The minimum atomic E-state index is -0.396. The maximum Gasteiger partial charge on any atom is 0.154 e. The van der Waals surface area contributed by atoms with Gasteiger partial charge in [0.25, 0.3) is 0 Å². The highest BCUT2D eigenvalue weighted by Gasteiger charge is 2.28. The molecule has 66 valence electrons. The van der Waals surface area contributed by atoms with Crippen molar-refractivity contribution in [2.75, 3.05) is 13.1 Å². The van der Waals surface area contributed by atoms with E-state index in [4.69, 9.17) is 5.73 Å². The van der Waals surface area contributed by atoms with Gasteiger partial charge in [-0.2, -0.15) is 0 Å². The molecule has 0 aromatic carbocycles. The lowest BCUT2D eigenvalue weighted by Gasteiger charge is -2.20. The molecular formula is C7H13N5. The molecule has 0 bridgehead atoms. The van der Waals surface area contributed by atoms with Crippen LogP contribution in [0.2, 0.25) is 0 Å². The molecule has 0 amide bonds. The van der Waals surface area contributed by atoms with Crippen molar-refractivity contribution in [1.82, 2.24) is 20.1 Å². The smallest absolute Gasteiger partial charge is 0.154 e. The second kappa shape index (κ2) is 2.53. The molecule has 1 aliphatic rings. The van der Waals surface area contributed by atoms with Gasteiger partial charge in [-0.25, -0.2) is 0 Å².